The van der Waals surface area contributed by atoms with Crippen molar-refractivity contribution < 1.29 is 19.4 Å². The third-order valence-electron chi connectivity index (χ3n) is 1.82. The van der Waals surface area contributed by atoms with Gasteiger partial charge in [-0.05, 0) is 18.2 Å². The second-order valence-corrected chi connectivity index (χ2v) is 3.60. The van der Waals surface area contributed by atoms with Crippen LogP contribution in [-0.4, -0.2) is 23.7 Å². The largest absolute Gasteiger partial charge is 0.483 e. The lowest BCUT2D eigenvalue weighted by Gasteiger charge is -2.10. The first-order chi connectivity index (χ1) is 7.99. The summed E-state index contributed by atoms with van der Waals surface area (Å²) in [4.78, 5) is 21.0. The van der Waals surface area contributed by atoms with Crippen LogP contribution in [0.3, 0.4) is 0 Å². The molecule has 6 nitrogen and oxygen atoms in total. The molecule has 0 aliphatic rings. The molecule has 0 aliphatic carbocycles. The highest BCUT2D eigenvalue weighted by molar-refractivity contribution is 6.30. The molecule has 4 N–H and O–H groups in total. The SMILES string of the molecule is NC(=O)COc1ccc(Cl)cc1CNC(=O)O. The van der Waals surface area contributed by atoms with Gasteiger partial charge in [0.2, 0.25) is 0 Å². The third kappa shape index (κ3) is 4.60. The Kier molecular flexibility index (Phi) is 4.59. The Morgan fingerprint density at radius 2 is 2.18 bits per heavy atom. The molecule has 1 aromatic carbocycles. The summed E-state index contributed by atoms with van der Waals surface area (Å²) < 4.78 is 5.12. The smallest absolute Gasteiger partial charge is 0.404 e. The maximum absolute atomic E-state index is 10.6. The molecule has 0 unspecified atom stereocenters. The van der Waals surface area contributed by atoms with E-state index in [1.807, 2.05) is 0 Å². The van der Waals surface area contributed by atoms with Crippen LogP contribution in [0.15, 0.2) is 18.2 Å². The van der Waals surface area contributed by atoms with Crippen molar-refractivity contribution in [1.82, 2.24) is 5.32 Å². The first-order valence-corrected chi connectivity index (χ1v) is 5.03. The Hall–Kier alpha value is -1.95. The van der Waals surface area contributed by atoms with Crippen molar-refractivity contribution in [2.45, 2.75) is 6.54 Å². The number of nitrogens with one attached hydrogen (secondary N) is 1. The van der Waals surface area contributed by atoms with Crippen molar-refractivity contribution in [1.29, 1.82) is 0 Å². The Labute approximate surface area is 102 Å². The summed E-state index contributed by atoms with van der Waals surface area (Å²) >= 11 is 5.77. The molecule has 0 fully saturated rings. The van der Waals surface area contributed by atoms with Gasteiger partial charge in [-0.3, -0.25) is 4.79 Å². The fourth-order valence-electron chi connectivity index (χ4n) is 1.15. The first kappa shape index (κ1) is 13.1. The number of halogens is 1. The molecule has 0 heterocycles. The lowest BCUT2D eigenvalue weighted by atomic mass is 10.2. The number of carboxylic acid groups (broad SMARTS) is 1. The summed E-state index contributed by atoms with van der Waals surface area (Å²) in [5, 5.41) is 11.1. The topological polar surface area (TPSA) is 102 Å². The zero-order valence-corrected chi connectivity index (χ0v) is 9.53. The Morgan fingerprint density at radius 1 is 1.47 bits per heavy atom. The molecule has 0 spiro atoms. The first-order valence-electron chi connectivity index (χ1n) is 4.65. The number of hydrogen-bond donors (Lipinski definition) is 3. The van der Waals surface area contributed by atoms with Crippen molar-refractivity contribution >= 4 is 23.6 Å². The predicted octanol–water partition coefficient (Wildman–Crippen LogP) is 0.972. The molecule has 1 aromatic rings. The summed E-state index contributed by atoms with van der Waals surface area (Å²) in [7, 11) is 0. The number of carbonyl (C=O) groups is 2. The minimum absolute atomic E-state index is 0.0317. The van der Waals surface area contributed by atoms with Crippen LogP contribution in [0.2, 0.25) is 5.02 Å². The van der Waals surface area contributed by atoms with E-state index >= 15 is 0 Å². The summed E-state index contributed by atoms with van der Waals surface area (Å²) in [5.74, 6) is -0.251. The average Bonchev–Trinajstić information content (AvgIpc) is 2.24. The number of hydrogen-bond acceptors (Lipinski definition) is 3. The predicted molar refractivity (Wildman–Crippen MR) is 61.0 cm³/mol. The number of carbonyl (C=O) groups excluding carboxylic acids is 1. The van der Waals surface area contributed by atoms with Crippen LogP contribution in [0.1, 0.15) is 5.56 Å². The molecule has 92 valence electrons. The molecule has 0 aromatic heterocycles. The van der Waals surface area contributed by atoms with E-state index in [1.54, 1.807) is 18.2 Å². The van der Waals surface area contributed by atoms with Gasteiger partial charge >= 0.3 is 6.09 Å². The second-order valence-electron chi connectivity index (χ2n) is 3.17. The zero-order valence-electron chi connectivity index (χ0n) is 8.77. The van der Waals surface area contributed by atoms with Crippen LogP contribution in [-0.2, 0) is 11.3 Å². The van der Waals surface area contributed by atoms with E-state index in [-0.39, 0.29) is 13.2 Å². The van der Waals surface area contributed by atoms with Gasteiger partial charge in [-0.1, -0.05) is 11.6 Å². The van der Waals surface area contributed by atoms with Gasteiger partial charge in [-0.2, -0.15) is 0 Å². The number of ether oxygens (including phenoxy) is 1. The molecule has 17 heavy (non-hydrogen) atoms. The van der Waals surface area contributed by atoms with Gasteiger partial charge in [0, 0.05) is 17.1 Å². The summed E-state index contributed by atoms with van der Waals surface area (Å²) in [6.45, 7) is -0.244. The van der Waals surface area contributed by atoms with E-state index in [9.17, 15) is 9.59 Å². The van der Waals surface area contributed by atoms with E-state index in [0.29, 0.717) is 16.3 Å². The van der Waals surface area contributed by atoms with Gasteiger partial charge in [-0.25, -0.2) is 4.79 Å². The number of amides is 2. The molecule has 0 bridgehead atoms. The van der Waals surface area contributed by atoms with Gasteiger partial charge in [0.25, 0.3) is 5.91 Å². The fourth-order valence-corrected chi connectivity index (χ4v) is 1.34. The highest BCUT2D eigenvalue weighted by atomic mass is 35.5. The molecule has 0 radical (unpaired) electrons. The summed E-state index contributed by atoms with van der Waals surface area (Å²) in [6, 6.07) is 4.67. The van der Waals surface area contributed by atoms with E-state index in [0.717, 1.165) is 0 Å². The Balaban J connectivity index is 2.79. The van der Waals surface area contributed by atoms with Gasteiger partial charge in [0.05, 0.1) is 0 Å². The quantitative estimate of drug-likeness (QED) is 0.732. The third-order valence-corrected chi connectivity index (χ3v) is 2.06. The molecular weight excluding hydrogens is 248 g/mol. The number of rotatable bonds is 5. The monoisotopic (exact) mass is 258 g/mol. The van der Waals surface area contributed by atoms with Crippen molar-refractivity contribution in [2.75, 3.05) is 6.61 Å². The van der Waals surface area contributed by atoms with Crippen LogP contribution in [0.4, 0.5) is 4.79 Å². The average molecular weight is 259 g/mol. The van der Waals surface area contributed by atoms with Crippen LogP contribution in [0.25, 0.3) is 0 Å². The normalized spacial score (nSPS) is 9.71. The van der Waals surface area contributed by atoms with Crippen molar-refractivity contribution in [3.05, 3.63) is 28.8 Å². The molecule has 0 saturated heterocycles. The van der Waals surface area contributed by atoms with Crippen molar-refractivity contribution in [3.8, 4) is 5.75 Å². The van der Waals surface area contributed by atoms with Crippen LogP contribution < -0.4 is 15.8 Å². The molecule has 7 heteroatoms. The highest BCUT2D eigenvalue weighted by Crippen LogP contribution is 2.22. The van der Waals surface area contributed by atoms with Gasteiger partial charge in [0.1, 0.15) is 5.75 Å². The molecular formula is C10H11ClN2O4. The lowest BCUT2D eigenvalue weighted by molar-refractivity contribution is -0.119. The Morgan fingerprint density at radius 3 is 2.76 bits per heavy atom. The van der Waals surface area contributed by atoms with Crippen LogP contribution >= 0.6 is 11.6 Å². The van der Waals surface area contributed by atoms with Gasteiger partial charge < -0.3 is 20.9 Å². The number of nitrogens with two attached hydrogens (primary N) is 1. The van der Waals surface area contributed by atoms with Crippen LogP contribution in [0, 0.1) is 0 Å². The lowest BCUT2D eigenvalue weighted by Crippen LogP contribution is -2.22. The highest BCUT2D eigenvalue weighted by Gasteiger charge is 2.07. The molecule has 1 rings (SSSR count). The molecule has 0 atom stereocenters. The second kappa shape index (κ2) is 5.95. The van der Waals surface area contributed by atoms with E-state index in [4.69, 9.17) is 27.2 Å². The number of primary amides is 1. The summed E-state index contributed by atoms with van der Waals surface area (Å²) in [6.07, 6.45) is -1.16. The van der Waals surface area contributed by atoms with E-state index in [2.05, 4.69) is 5.32 Å². The Bertz CT molecular complexity index is 436. The number of benzene rings is 1. The maximum atomic E-state index is 10.6. The minimum Gasteiger partial charge on any atom is -0.483 e. The van der Waals surface area contributed by atoms with Crippen LogP contribution in [0.5, 0.6) is 5.75 Å². The zero-order chi connectivity index (χ0) is 12.8. The van der Waals surface area contributed by atoms with Gasteiger partial charge in [-0.15, -0.1) is 0 Å². The molecule has 0 aliphatic heterocycles. The molecule has 2 amide bonds. The van der Waals surface area contributed by atoms with E-state index in [1.165, 1.54) is 0 Å². The van der Waals surface area contributed by atoms with Crippen molar-refractivity contribution in [3.63, 3.8) is 0 Å². The molecule has 0 saturated carbocycles. The van der Waals surface area contributed by atoms with Gasteiger partial charge in [0.15, 0.2) is 6.61 Å². The fraction of sp³-hybridized carbons (Fsp3) is 0.200. The standard InChI is InChI=1S/C10H11ClN2O4/c11-7-1-2-8(17-5-9(12)14)6(3-7)4-13-10(15)16/h1-3,13H,4-5H2,(H2,12,14)(H,15,16). The van der Waals surface area contributed by atoms with Crippen molar-refractivity contribution in [2.24, 2.45) is 5.73 Å². The van der Waals surface area contributed by atoms with E-state index < -0.39 is 12.0 Å². The summed E-state index contributed by atoms with van der Waals surface area (Å²) in [5.41, 5.74) is 5.47. The maximum Gasteiger partial charge on any atom is 0.404 e. The minimum atomic E-state index is -1.16.